The molecule has 0 aliphatic rings. The van der Waals surface area contributed by atoms with Gasteiger partial charge in [-0.1, -0.05) is 218 Å². The van der Waals surface area contributed by atoms with Crippen molar-refractivity contribution in [3.05, 3.63) is 146 Å². The number of carbonyl (C=O) groups excluding carboxylic acids is 3. The normalized spacial score (nSPS) is 13.2. The second kappa shape index (κ2) is 57.9. The van der Waals surface area contributed by atoms with E-state index in [0.717, 1.165) is 122 Å². The number of ether oxygens (including phenoxy) is 3. The van der Waals surface area contributed by atoms with Crippen LogP contribution in [0, 0.1) is 0 Å². The highest BCUT2D eigenvalue weighted by Crippen LogP contribution is 2.13. The molecule has 6 heteroatoms. The molecule has 0 bridgehead atoms. The fourth-order valence-electron chi connectivity index (χ4n) is 7.12. The van der Waals surface area contributed by atoms with Gasteiger partial charge in [0.1, 0.15) is 13.2 Å². The Hall–Kier alpha value is -4.71. The molecule has 0 rings (SSSR count). The number of carbonyl (C=O) groups is 3. The van der Waals surface area contributed by atoms with Crippen LogP contribution in [-0.4, -0.2) is 37.2 Å². The lowest BCUT2D eigenvalue weighted by Crippen LogP contribution is -2.30. The zero-order valence-corrected chi connectivity index (χ0v) is 45.4. The lowest BCUT2D eigenvalue weighted by atomic mass is 10.1. The van der Waals surface area contributed by atoms with E-state index in [1.807, 2.05) is 0 Å². The molecule has 71 heavy (non-hydrogen) atoms. The topological polar surface area (TPSA) is 78.9 Å². The van der Waals surface area contributed by atoms with E-state index < -0.39 is 6.10 Å². The molecule has 0 heterocycles. The van der Waals surface area contributed by atoms with E-state index in [1.165, 1.54) is 51.4 Å². The van der Waals surface area contributed by atoms with E-state index in [2.05, 4.69) is 167 Å². The predicted molar refractivity (Wildman–Crippen MR) is 306 cm³/mol. The highest BCUT2D eigenvalue weighted by molar-refractivity contribution is 5.71. The lowest BCUT2D eigenvalue weighted by molar-refractivity contribution is -0.167. The van der Waals surface area contributed by atoms with Gasteiger partial charge >= 0.3 is 17.9 Å². The third kappa shape index (κ3) is 56.1. The van der Waals surface area contributed by atoms with Gasteiger partial charge in [0.05, 0.1) is 0 Å². The molecule has 0 unspecified atom stereocenters. The minimum Gasteiger partial charge on any atom is -0.462 e. The number of unbranched alkanes of at least 4 members (excludes halogenated alkanes) is 14. The maximum Gasteiger partial charge on any atom is 0.306 e. The molecular weight excluding hydrogens is 877 g/mol. The molecule has 0 radical (unpaired) electrons. The van der Waals surface area contributed by atoms with Gasteiger partial charge in [-0.15, -0.1) is 0 Å². The molecule has 0 saturated carbocycles. The average Bonchev–Trinajstić information content (AvgIpc) is 3.37. The van der Waals surface area contributed by atoms with Gasteiger partial charge in [0.2, 0.25) is 0 Å². The van der Waals surface area contributed by atoms with Crippen LogP contribution < -0.4 is 0 Å². The summed E-state index contributed by atoms with van der Waals surface area (Å²) in [5.41, 5.74) is 0. The largest absolute Gasteiger partial charge is 0.462 e. The molecule has 0 spiro atoms. The van der Waals surface area contributed by atoms with E-state index in [4.69, 9.17) is 14.2 Å². The van der Waals surface area contributed by atoms with Crippen molar-refractivity contribution in [3.8, 4) is 0 Å². The highest BCUT2D eigenvalue weighted by Gasteiger charge is 2.19. The van der Waals surface area contributed by atoms with Crippen molar-refractivity contribution in [1.29, 1.82) is 0 Å². The number of hydrogen-bond donors (Lipinski definition) is 0. The molecule has 0 fully saturated rings. The van der Waals surface area contributed by atoms with Crippen LogP contribution in [0.5, 0.6) is 0 Å². The Morgan fingerprint density at radius 1 is 0.296 bits per heavy atom. The van der Waals surface area contributed by atoms with Crippen molar-refractivity contribution in [3.63, 3.8) is 0 Å². The van der Waals surface area contributed by atoms with E-state index in [-0.39, 0.29) is 44.0 Å². The smallest absolute Gasteiger partial charge is 0.306 e. The second-order valence-corrected chi connectivity index (χ2v) is 18.1. The minimum absolute atomic E-state index is 0.119. The number of esters is 3. The van der Waals surface area contributed by atoms with Crippen LogP contribution in [0.4, 0.5) is 0 Å². The van der Waals surface area contributed by atoms with Gasteiger partial charge in [0.25, 0.3) is 0 Å². The standard InChI is InChI=1S/C65H102O6/c1-4-7-10-13-16-19-22-25-28-31-32-35-38-41-44-47-50-53-56-59-65(68)71-62(60-69-63(66)57-54-51-48-45-42-39-36-33-29-26-23-20-17-14-11-8-5-2)61-70-64(67)58-55-52-49-46-43-40-37-34-30-27-24-21-18-15-12-9-6-3/h7-8,10-11,16-21,25-30,32,35-36,39,41,44-45,48,62H,4-6,9,12-15,22-24,31,33-34,37-38,40,42-43,46-47,49-61H2,1-3H3/b10-7-,11-8-,19-16-,20-17-,21-18-,28-25-,29-26-,30-27-,35-32-,39-36-,44-41-,48-45-/t62-/m1/s1. The van der Waals surface area contributed by atoms with Crippen molar-refractivity contribution in [1.82, 2.24) is 0 Å². The van der Waals surface area contributed by atoms with Gasteiger partial charge in [-0.2, -0.15) is 0 Å². The highest BCUT2D eigenvalue weighted by atomic mass is 16.6. The van der Waals surface area contributed by atoms with E-state index in [1.54, 1.807) is 0 Å². The van der Waals surface area contributed by atoms with Gasteiger partial charge in [0, 0.05) is 19.3 Å². The Morgan fingerprint density at radius 3 is 0.930 bits per heavy atom. The zero-order chi connectivity index (χ0) is 51.4. The average molecular weight is 980 g/mol. The summed E-state index contributed by atoms with van der Waals surface area (Å²) in [6, 6.07) is 0. The van der Waals surface area contributed by atoms with Crippen LogP contribution in [0.3, 0.4) is 0 Å². The van der Waals surface area contributed by atoms with Crippen LogP contribution >= 0.6 is 0 Å². The Morgan fingerprint density at radius 2 is 0.563 bits per heavy atom. The van der Waals surface area contributed by atoms with Crippen LogP contribution in [0.1, 0.15) is 226 Å². The zero-order valence-electron chi connectivity index (χ0n) is 45.4. The summed E-state index contributed by atoms with van der Waals surface area (Å²) in [5, 5.41) is 0. The molecule has 6 nitrogen and oxygen atoms in total. The second-order valence-electron chi connectivity index (χ2n) is 18.1. The Labute approximate surface area is 436 Å². The molecule has 0 aromatic rings. The first-order valence-electron chi connectivity index (χ1n) is 28.3. The van der Waals surface area contributed by atoms with Crippen LogP contribution in [-0.2, 0) is 28.6 Å². The van der Waals surface area contributed by atoms with Crippen molar-refractivity contribution < 1.29 is 28.6 Å². The first kappa shape index (κ1) is 66.3. The number of allylic oxidation sites excluding steroid dienone is 24. The minimum atomic E-state index is -0.829. The Kier molecular flexibility index (Phi) is 54.0. The van der Waals surface area contributed by atoms with Crippen molar-refractivity contribution in [2.24, 2.45) is 0 Å². The predicted octanol–water partition coefficient (Wildman–Crippen LogP) is 19.2. The fraction of sp³-hybridized carbons (Fsp3) is 0.585. The fourth-order valence-corrected chi connectivity index (χ4v) is 7.12. The first-order chi connectivity index (χ1) is 35.0. The summed E-state index contributed by atoms with van der Waals surface area (Å²) >= 11 is 0. The Bertz CT molecular complexity index is 1590. The summed E-state index contributed by atoms with van der Waals surface area (Å²) < 4.78 is 16.8. The van der Waals surface area contributed by atoms with Gasteiger partial charge in [0.15, 0.2) is 6.10 Å². The Balaban J connectivity index is 4.58. The molecule has 0 aliphatic carbocycles. The molecule has 0 saturated heterocycles. The molecule has 0 aromatic heterocycles. The summed E-state index contributed by atoms with van der Waals surface area (Å²) in [6.45, 7) is 6.29. The number of hydrogen-bond acceptors (Lipinski definition) is 6. The SMILES string of the molecule is CC/C=C\C/C=C\C/C=C\C/C=C\C/C=C\CCCCCC(=O)O[C@H](COC(=O)CCC/C=C\C/C=C\C/C=C\C/C=C\C/C=C\CC)COC(=O)CCCCCCCCC/C=C\C/C=C\CCCCC. The third-order valence-corrected chi connectivity index (χ3v) is 11.3. The third-order valence-electron chi connectivity index (χ3n) is 11.3. The van der Waals surface area contributed by atoms with Crippen LogP contribution in [0.2, 0.25) is 0 Å². The summed E-state index contributed by atoms with van der Waals surface area (Å²) in [7, 11) is 0. The molecule has 398 valence electrons. The maximum atomic E-state index is 12.9. The summed E-state index contributed by atoms with van der Waals surface area (Å²) in [4.78, 5) is 38.2. The van der Waals surface area contributed by atoms with E-state index in [0.29, 0.717) is 19.3 Å². The van der Waals surface area contributed by atoms with Gasteiger partial charge in [-0.25, -0.2) is 0 Å². The van der Waals surface area contributed by atoms with Gasteiger partial charge in [-0.3, -0.25) is 14.4 Å². The van der Waals surface area contributed by atoms with Crippen molar-refractivity contribution in [2.75, 3.05) is 13.2 Å². The first-order valence-corrected chi connectivity index (χ1v) is 28.3. The monoisotopic (exact) mass is 979 g/mol. The number of rotatable bonds is 49. The van der Waals surface area contributed by atoms with Crippen LogP contribution in [0.25, 0.3) is 0 Å². The molecule has 0 aliphatic heterocycles. The summed E-state index contributed by atoms with van der Waals surface area (Å²) in [5.74, 6) is -1.03. The molecule has 0 amide bonds. The van der Waals surface area contributed by atoms with Crippen molar-refractivity contribution in [2.45, 2.75) is 232 Å². The van der Waals surface area contributed by atoms with Crippen LogP contribution in [0.15, 0.2) is 146 Å². The molecular formula is C65H102O6. The van der Waals surface area contributed by atoms with E-state index >= 15 is 0 Å². The lowest BCUT2D eigenvalue weighted by Gasteiger charge is -2.18. The maximum absolute atomic E-state index is 12.9. The van der Waals surface area contributed by atoms with Gasteiger partial charge in [-0.05, 0) is 135 Å². The van der Waals surface area contributed by atoms with E-state index in [9.17, 15) is 14.4 Å². The van der Waals surface area contributed by atoms with Crippen molar-refractivity contribution >= 4 is 17.9 Å². The molecule has 0 N–H and O–H groups in total. The van der Waals surface area contributed by atoms with Gasteiger partial charge < -0.3 is 14.2 Å². The molecule has 0 aromatic carbocycles. The molecule has 1 atom stereocenters. The quantitative estimate of drug-likeness (QED) is 0.0262. The summed E-state index contributed by atoms with van der Waals surface area (Å²) in [6.07, 6.45) is 82.6.